The van der Waals surface area contributed by atoms with Crippen LogP contribution < -0.4 is 10.9 Å². The zero-order valence-electron chi connectivity index (χ0n) is 16.0. The van der Waals surface area contributed by atoms with E-state index in [1.807, 2.05) is 0 Å². The van der Waals surface area contributed by atoms with Crippen molar-refractivity contribution in [3.05, 3.63) is 65.7 Å². The van der Waals surface area contributed by atoms with Crippen LogP contribution in [0.2, 0.25) is 0 Å². The summed E-state index contributed by atoms with van der Waals surface area (Å²) in [4.78, 5) is 49.8. The predicted molar refractivity (Wildman–Crippen MR) is 108 cm³/mol. The lowest BCUT2D eigenvalue weighted by atomic mass is 10.2. The molecule has 9 heteroatoms. The number of nitrogens with zero attached hydrogens (tertiary/aromatic N) is 1. The zero-order valence-corrected chi connectivity index (χ0v) is 16.8. The van der Waals surface area contributed by atoms with E-state index in [0.29, 0.717) is 10.5 Å². The molecule has 0 atom stereocenters. The molecule has 2 N–H and O–H groups in total. The van der Waals surface area contributed by atoms with E-state index in [9.17, 15) is 19.2 Å². The molecule has 0 aliphatic rings. The number of hydrogen-bond donors (Lipinski definition) is 2. The molecule has 0 aliphatic heterocycles. The molecule has 29 heavy (non-hydrogen) atoms. The highest BCUT2D eigenvalue weighted by molar-refractivity contribution is 8.00. The fraction of sp³-hybridized carbons (Fsp3) is 0.200. The number of rotatable bonds is 7. The van der Waals surface area contributed by atoms with Crippen LogP contribution >= 0.6 is 11.8 Å². The van der Waals surface area contributed by atoms with Gasteiger partial charge in [0.25, 0.3) is 11.8 Å². The smallest absolute Gasteiger partial charge is 0.339 e. The Morgan fingerprint density at radius 1 is 0.931 bits per heavy atom. The van der Waals surface area contributed by atoms with Crippen LogP contribution in [0.3, 0.4) is 0 Å². The maximum Gasteiger partial charge on any atom is 0.339 e. The third kappa shape index (κ3) is 6.96. The molecule has 2 aromatic rings. The SMILES string of the molecule is CN(C)C(=O)CSc1ccccc1C(=O)OCC(=O)NNC(=O)c1ccccc1. The van der Waals surface area contributed by atoms with E-state index in [0.717, 1.165) is 0 Å². The number of nitrogens with one attached hydrogen (secondary N) is 2. The van der Waals surface area contributed by atoms with Gasteiger partial charge in [0.15, 0.2) is 6.61 Å². The lowest BCUT2D eigenvalue weighted by molar-refractivity contribution is -0.126. The molecule has 0 spiro atoms. The molecule has 2 rings (SSSR count). The van der Waals surface area contributed by atoms with E-state index >= 15 is 0 Å². The van der Waals surface area contributed by atoms with Gasteiger partial charge in [-0.25, -0.2) is 4.79 Å². The molecule has 0 fully saturated rings. The number of hydrogen-bond acceptors (Lipinski definition) is 6. The first kappa shape index (κ1) is 22.0. The van der Waals surface area contributed by atoms with Gasteiger partial charge in [0.1, 0.15) is 0 Å². The van der Waals surface area contributed by atoms with Crippen LogP contribution in [0, 0.1) is 0 Å². The molecule has 0 unspecified atom stereocenters. The van der Waals surface area contributed by atoms with Gasteiger partial charge in [-0.3, -0.25) is 25.2 Å². The van der Waals surface area contributed by atoms with Crippen molar-refractivity contribution in [3.8, 4) is 0 Å². The zero-order chi connectivity index (χ0) is 21.2. The van der Waals surface area contributed by atoms with Gasteiger partial charge >= 0.3 is 5.97 Å². The monoisotopic (exact) mass is 415 g/mol. The molecular formula is C20H21N3O5S. The van der Waals surface area contributed by atoms with E-state index < -0.39 is 24.4 Å². The Bertz CT molecular complexity index is 887. The summed E-state index contributed by atoms with van der Waals surface area (Å²) >= 11 is 1.21. The Labute approximate surface area is 172 Å². The summed E-state index contributed by atoms with van der Waals surface area (Å²) in [7, 11) is 3.30. The van der Waals surface area contributed by atoms with Crippen LogP contribution in [0.5, 0.6) is 0 Å². The average Bonchev–Trinajstić information content (AvgIpc) is 2.74. The van der Waals surface area contributed by atoms with Crippen LogP contribution in [-0.4, -0.2) is 55.0 Å². The van der Waals surface area contributed by atoms with Crippen molar-refractivity contribution in [3.63, 3.8) is 0 Å². The fourth-order valence-electron chi connectivity index (χ4n) is 2.06. The second-order valence-electron chi connectivity index (χ2n) is 6.02. The van der Waals surface area contributed by atoms with Crippen LogP contribution in [0.4, 0.5) is 0 Å². The maximum absolute atomic E-state index is 12.3. The number of carbonyl (C=O) groups excluding carboxylic acids is 4. The molecule has 0 aromatic heterocycles. The number of amides is 3. The Balaban J connectivity index is 1.85. The molecule has 2 aromatic carbocycles. The van der Waals surface area contributed by atoms with E-state index in [4.69, 9.17) is 4.74 Å². The van der Waals surface area contributed by atoms with Crippen molar-refractivity contribution < 1.29 is 23.9 Å². The minimum Gasteiger partial charge on any atom is -0.452 e. The molecule has 152 valence electrons. The van der Waals surface area contributed by atoms with Gasteiger partial charge < -0.3 is 9.64 Å². The first-order valence-electron chi connectivity index (χ1n) is 8.62. The van der Waals surface area contributed by atoms with Crippen LogP contribution in [-0.2, 0) is 14.3 Å². The van der Waals surface area contributed by atoms with E-state index in [-0.39, 0.29) is 17.2 Å². The van der Waals surface area contributed by atoms with Crippen molar-refractivity contribution in [1.29, 1.82) is 0 Å². The van der Waals surface area contributed by atoms with Gasteiger partial charge in [0.2, 0.25) is 5.91 Å². The summed E-state index contributed by atoms with van der Waals surface area (Å²) in [5, 5.41) is 0. The summed E-state index contributed by atoms with van der Waals surface area (Å²) < 4.78 is 5.01. The molecule has 0 radical (unpaired) electrons. The Hall–Kier alpha value is -3.33. The van der Waals surface area contributed by atoms with Crippen LogP contribution in [0.1, 0.15) is 20.7 Å². The predicted octanol–water partition coefficient (Wildman–Crippen LogP) is 1.48. The van der Waals surface area contributed by atoms with Gasteiger partial charge in [0, 0.05) is 24.6 Å². The van der Waals surface area contributed by atoms with Gasteiger partial charge in [-0.05, 0) is 24.3 Å². The van der Waals surface area contributed by atoms with Gasteiger partial charge in [-0.1, -0.05) is 30.3 Å². The number of carbonyl (C=O) groups is 4. The summed E-state index contributed by atoms with van der Waals surface area (Å²) in [5.74, 6) is -1.79. The fourth-order valence-corrected chi connectivity index (χ4v) is 3.08. The van der Waals surface area contributed by atoms with Gasteiger partial charge in [0.05, 0.1) is 11.3 Å². The summed E-state index contributed by atoms with van der Waals surface area (Å²) in [6.45, 7) is -0.566. The number of hydrazine groups is 1. The van der Waals surface area contributed by atoms with Crippen molar-refractivity contribution in [2.75, 3.05) is 26.5 Å². The highest BCUT2D eigenvalue weighted by Gasteiger charge is 2.16. The first-order valence-corrected chi connectivity index (χ1v) is 9.60. The van der Waals surface area contributed by atoms with Gasteiger partial charge in [-0.15, -0.1) is 11.8 Å². The Morgan fingerprint density at radius 3 is 2.28 bits per heavy atom. The minimum absolute atomic E-state index is 0.0910. The highest BCUT2D eigenvalue weighted by atomic mass is 32.2. The Morgan fingerprint density at radius 2 is 1.59 bits per heavy atom. The molecular weight excluding hydrogens is 394 g/mol. The summed E-state index contributed by atoms with van der Waals surface area (Å²) in [6, 6.07) is 15.0. The van der Waals surface area contributed by atoms with Crippen molar-refractivity contribution >= 4 is 35.5 Å². The number of esters is 1. The third-order valence-corrected chi connectivity index (χ3v) is 4.70. The lowest BCUT2D eigenvalue weighted by Gasteiger charge is -2.12. The number of thioether (sulfide) groups is 1. The quantitative estimate of drug-likeness (QED) is 0.403. The summed E-state index contributed by atoms with van der Waals surface area (Å²) in [5.41, 5.74) is 5.06. The van der Waals surface area contributed by atoms with Crippen molar-refractivity contribution in [2.24, 2.45) is 0 Å². The largest absolute Gasteiger partial charge is 0.452 e. The normalized spacial score (nSPS) is 10.0. The van der Waals surface area contributed by atoms with Crippen molar-refractivity contribution in [1.82, 2.24) is 15.8 Å². The second-order valence-corrected chi connectivity index (χ2v) is 7.03. The molecule has 0 saturated carbocycles. The number of ether oxygens (including phenoxy) is 1. The van der Waals surface area contributed by atoms with Gasteiger partial charge in [-0.2, -0.15) is 0 Å². The maximum atomic E-state index is 12.3. The number of benzene rings is 2. The van der Waals surface area contributed by atoms with E-state index in [1.54, 1.807) is 68.7 Å². The van der Waals surface area contributed by atoms with Crippen molar-refractivity contribution in [2.45, 2.75) is 4.90 Å². The highest BCUT2D eigenvalue weighted by Crippen LogP contribution is 2.23. The molecule has 0 heterocycles. The molecule has 3 amide bonds. The minimum atomic E-state index is -0.699. The standard InChI is InChI=1S/C20H21N3O5S/c1-23(2)18(25)13-29-16-11-7-6-10-15(16)20(27)28-12-17(24)21-22-19(26)14-8-4-3-5-9-14/h3-11H,12-13H2,1-2H3,(H,21,24)(H,22,26). The Kier molecular flexibility index (Phi) is 8.23. The average molecular weight is 415 g/mol. The van der Waals surface area contributed by atoms with Crippen LogP contribution in [0.25, 0.3) is 0 Å². The molecule has 0 aliphatic carbocycles. The molecule has 0 saturated heterocycles. The second kappa shape index (κ2) is 10.9. The van der Waals surface area contributed by atoms with Crippen LogP contribution in [0.15, 0.2) is 59.5 Å². The summed E-state index contributed by atoms with van der Waals surface area (Å²) in [6.07, 6.45) is 0. The van der Waals surface area contributed by atoms with E-state index in [1.165, 1.54) is 16.7 Å². The lowest BCUT2D eigenvalue weighted by Crippen LogP contribution is -2.43. The first-order chi connectivity index (χ1) is 13.9. The molecule has 8 nitrogen and oxygen atoms in total. The van der Waals surface area contributed by atoms with E-state index in [2.05, 4.69) is 10.9 Å². The molecule has 0 bridgehead atoms. The third-order valence-electron chi connectivity index (χ3n) is 3.64. The topological polar surface area (TPSA) is 105 Å².